The number of nitrogens with one attached hydrogen (secondary N) is 3. The Morgan fingerprint density at radius 2 is 1.80 bits per heavy atom. The van der Waals surface area contributed by atoms with E-state index in [2.05, 4.69) is 16.0 Å². The summed E-state index contributed by atoms with van der Waals surface area (Å²) in [5.74, 6) is -1.93. The molecule has 1 heterocycles. The van der Waals surface area contributed by atoms with Gasteiger partial charge in [-0.3, -0.25) is 14.4 Å². The predicted octanol–water partition coefficient (Wildman–Crippen LogP) is 1.02. The van der Waals surface area contributed by atoms with E-state index in [1.807, 2.05) is 13.8 Å². The van der Waals surface area contributed by atoms with Crippen molar-refractivity contribution in [3.05, 3.63) is 29.8 Å². The maximum Gasteiger partial charge on any atom is 0.327 e. The summed E-state index contributed by atoms with van der Waals surface area (Å²) >= 11 is 0. The van der Waals surface area contributed by atoms with Crippen LogP contribution in [0.15, 0.2) is 24.3 Å². The Bertz CT molecular complexity index is 895. The molecule has 0 bridgehead atoms. The van der Waals surface area contributed by atoms with E-state index in [1.54, 1.807) is 12.1 Å². The van der Waals surface area contributed by atoms with E-state index in [0.29, 0.717) is 19.3 Å². The molecule has 1 aromatic rings. The third-order valence-corrected chi connectivity index (χ3v) is 8.68. The summed E-state index contributed by atoms with van der Waals surface area (Å²) in [4.78, 5) is 50.3. The Hall–Kier alpha value is -2.44. The number of benzene rings is 1. The quantitative estimate of drug-likeness (QED) is 0.284. The first-order valence-corrected chi connectivity index (χ1v) is 14.0. The molecule has 10 nitrogen and oxygen atoms in total. The fourth-order valence-corrected chi connectivity index (χ4v) is 6.06. The maximum atomic E-state index is 13.0. The SMILES string of the molecule is CCC1(CC)CCNC(=O)[C@@H](NC(=O)[C@@H](N)Cc2ccc(O)cc2)CSSC[C@@H](C(=O)O)NC1=O. The second-order valence-electron chi connectivity index (χ2n) is 8.50. The second-order valence-corrected chi connectivity index (χ2v) is 11.1. The molecule has 3 atom stereocenters. The van der Waals surface area contributed by atoms with Crippen LogP contribution in [0.25, 0.3) is 0 Å². The van der Waals surface area contributed by atoms with Crippen LogP contribution in [0.5, 0.6) is 5.75 Å². The molecular weight excluding hydrogens is 492 g/mol. The molecule has 1 aliphatic heterocycles. The number of nitrogens with two attached hydrogens (primary N) is 1. The van der Waals surface area contributed by atoms with Crippen molar-refractivity contribution >= 4 is 45.3 Å². The summed E-state index contributed by atoms with van der Waals surface area (Å²) in [6.45, 7) is 3.93. The first kappa shape index (κ1) is 28.8. The van der Waals surface area contributed by atoms with Crippen LogP contribution in [0.3, 0.4) is 0 Å². The minimum Gasteiger partial charge on any atom is -0.508 e. The molecule has 1 aliphatic rings. The number of phenolic OH excluding ortho intramolecular Hbond substituents is 1. The van der Waals surface area contributed by atoms with Crippen LogP contribution < -0.4 is 21.7 Å². The van der Waals surface area contributed by atoms with Gasteiger partial charge in [-0.05, 0) is 43.4 Å². The molecular formula is C23H34N4O6S2. The Morgan fingerprint density at radius 1 is 1.17 bits per heavy atom. The first-order chi connectivity index (χ1) is 16.6. The van der Waals surface area contributed by atoms with E-state index in [1.165, 1.54) is 33.7 Å². The normalized spacial score (nSPS) is 22.4. The van der Waals surface area contributed by atoms with E-state index in [4.69, 9.17) is 5.73 Å². The molecule has 3 amide bonds. The highest BCUT2D eigenvalue weighted by atomic mass is 33.1. The van der Waals surface area contributed by atoms with Gasteiger partial charge in [0.2, 0.25) is 17.7 Å². The van der Waals surface area contributed by atoms with Crippen molar-refractivity contribution in [2.75, 3.05) is 18.1 Å². The maximum absolute atomic E-state index is 13.0. The number of carboxylic acids is 1. The number of hydrogen-bond acceptors (Lipinski definition) is 8. The summed E-state index contributed by atoms with van der Waals surface area (Å²) < 4.78 is 0. The number of phenols is 1. The molecule has 194 valence electrons. The lowest BCUT2D eigenvalue weighted by Gasteiger charge is -2.31. The summed E-state index contributed by atoms with van der Waals surface area (Å²) in [6, 6.07) is 3.51. The van der Waals surface area contributed by atoms with Crippen molar-refractivity contribution in [2.45, 2.75) is 57.7 Å². The topological polar surface area (TPSA) is 171 Å². The largest absolute Gasteiger partial charge is 0.508 e. The average Bonchev–Trinajstić information content (AvgIpc) is 2.84. The third-order valence-electron chi connectivity index (χ3n) is 6.26. The van der Waals surface area contributed by atoms with Gasteiger partial charge in [0.25, 0.3) is 0 Å². The molecule has 1 saturated heterocycles. The first-order valence-electron chi connectivity index (χ1n) is 11.5. The highest BCUT2D eigenvalue weighted by Gasteiger charge is 2.37. The van der Waals surface area contributed by atoms with E-state index in [-0.39, 0.29) is 42.0 Å². The highest BCUT2D eigenvalue weighted by Crippen LogP contribution is 2.31. The minimum atomic E-state index is -1.12. The highest BCUT2D eigenvalue weighted by molar-refractivity contribution is 8.76. The monoisotopic (exact) mass is 526 g/mol. The van der Waals surface area contributed by atoms with Crippen molar-refractivity contribution in [1.82, 2.24) is 16.0 Å². The zero-order valence-corrected chi connectivity index (χ0v) is 21.5. The van der Waals surface area contributed by atoms with Gasteiger partial charge in [-0.2, -0.15) is 0 Å². The Morgan fingerprint density at radius 3 is 2.40 bits per heavy atom. The number of carbonyl (C=O) groups is 4. The summed E-state index contributed by atoms with van der Waals surface area (Å²) in [6.07, 6.45) is 1.55. The van der Waals surface area contributed by atoms with Gasteiger partial charge in [0.1, 0.15) is 17.8 Å². The summed E-state index contributed by atoms with van der Waals surface area (Å²) in [5, 5.41) is 27.1. The third kappa shape index (κ3) is 8.32. The lowest BCUT2D eigenvalue weighted by atomic mass is 9.78. The molecule has 0 aromatic heterocycles. The van der Waals surface area contributed by atoms with E-state index in [0.717, 1.165) is 5.56 Å². The van der Waals surface area contributed by atoms with Gasteiger partial charge < -0.3 is 31.9 Å². The van der Waals surface area contributed by atoms with Gasteiger partial charge in [0.15, 0.2) is 0 Å². The molecule has 0 aliphatic carbocycles. The van der Waals surface area contributed by atoms with Gasteiger partial charge in [0.05, 0.1) is 11.5 Å². The van der Waals surface area contributed by atoms with Crippen LogP contribution in [-0.2, 0) is 25.6 Å². The van der Waals surface area contributed by atoms with Crippen molar-refractivity contribution in [1.29, 1.82) is 0 Å². The lowest BCUT2D eigenvalue weighted by molar-refractivity contribution is -0.143. The van der Waals surface area contributed by atoms with Crippen molar-refractivity contribution in [3.8, 4) is 5.75 Å². The fraction of sp³-hybridized carbons (Fsp3) is 0.565. The van der Waals surface area contributed by atoms with Gasteiger partial charge in [0, 0.05) is 18.1 Å². The summed E-state index contributed by atoms with van der Waals surface area (Å²) in [5.41, 5.74) is 6.01. The Balaban J connectivity index is 2.11. The van der Waals surface area contributed by atoms with Gasteiger partial charge in [-0.1, -0.05) is 47.6 Å². The number of hydrogen-bond donors (Lipinski definition) is 6. The van der Waals surface area contributed by atoms with Crippen molar-refractivity contribution in [3.63, 3.8) is 0 Å². The van der Waals surface area contributed by atoms with E-state index < -0.39 is 35.4 Å². The zero-order valence-electron chi connectivity index (χ0n) is 19.9. The van der Waals surface area contributed by atoms with Crippen LogP contribution in [0, 0.1) is 5.41 Å². The number of rotatable bonds is 7. The molecule has 0 saturated carbocycles. The number of amides is 3. The van der Waals surface area contributed by atoms with Gasteiger partial charge >= 0.3 is 5.97 Å². The van der Waals surface area contributed by atoms with Crippen LogP contribution in [0.4, 0.5) is 0 Å². The van der Waals surface area contributed by atoms with E-state index in [9.17, 15) is 29.4 Å². The zero-order chi connectivity index (χ0) is 26.0. The number of carbonyl (C=O) groups excluding carboxylic acids is 3. The molecule has 7 N–H and O–H groups in total. The van der Waals surface area contributed by atoms with Gasteiger partial charge in [-0.15, -0.1) is 0 Å². The summed E-state index contributed by atoms with van der Waals surface area (Å²) in [7, 11) is 2.45. The predicted molar refractivity (Wildman–Crippen MR) is 137 cm³/mol. The molecule has 2 rings (SSSR count). The minimum absolute atomic E-state index is 0.109. The Labute approximate surface area is 212 Å². The molecule has 1 fully saturated rings. The molecule has 0 radical (unpaired) electrons. The molecule has 0 unspecified atom stereocenters. The van der Waals surface area contributed by atoms with Crippen molar-refractivity contribution in [2.24, 2.45) is 11.1 Å². The molecule has 12 heteroatoms. The van der Waals surface area contributed by atoms with Crippen molar-refractivity contribution < 1.29 is 29.4 Å². The number of aliphatic carboxylic acids is 1. The van der Waals surface area contributed by atoms with Crippen LogP contribution in [-0.4, -0.2) is 70.1 Å². The fourth-order valence-electron chi connectivity index (χ4n) is 3.75. The molecule has 35 heavy (non-hydrogen) atoms. The second kappa shape index (κ2) is 13.6. The molecule has 1 aromatic carbocycles. The van der Waals surface area contributed by atoms with Crippen LogP contribution in [0.1, 0.15) is 38.7 Å². The number of aromatic hydroxyl groups is 1. The molecule has 0 spiro atoms. The average molecular weight is 527 g/mol. The van der Waals surface area contributed by atoms with Crippen LogP contribution in [0.2, 0.25) is 0 Å². The van der Waals surface area contributed by atoms with E-state index >= 15 is 0 Å². The Kier molecular flexibility index (Phi) is 11.2. The standard InChI is InChI=1S/C23H34N4O6S2/c1-3-23(4-2)9-10-25-20(30)17(12-34-35-13-18(21(31)32)27-22(23)33)26-19(29)16(24)11-14-5-7-15(28)8-6-14/h5-8,16-18,28H,3-4,9-13,24H2,1-2H3,(H,25,30)(H,26,29)(H,27,33)(H,31,32)/t16-,17-,18-/m0/s1. The number of carboxylic acid groups (broad SMARTS) is 1. The van der Waals surface area contributed by atoms with Crippen LogP contribution >= 0.6 is 21.6 Å². The lowest BCUT2D eigenvalue weighted by Crippen LogP contribution is -2.53. The van der Waals surface area contributed by atoms with Gasteiger partial charge in [-0.25, -0.2) is 4.79 Å². The smallest absolute Gasteiger partial charge is 0.327 e.